The fraction of sp³-hybridized carbons (Fsp3) is 0.400. The van der Waals surface area contributed by atoms with Gasteiger partial charge in [0.05, 0.1) is 6.61 Å². The highest BCUT2D eigenvalue weighted by Crippen LogP contribution is 2.68. The Hall–Kier alpha value is -2.41. The summed E-state index contributed by atoms with van der Waals surface area (Å²) in [5.41, 5.74) is -1.72. The number of fused-ring (bicyclic) bond motifs is 1. The van der Waals surface area contributed by atoms with Crippen molar-refractivity contribution in [2.24, 2.45) is 10.8 Å². The van der Waals surface area contributed by atoms with E-state index in [0.717, 1.165) is 0 Å². The van der Waals surface area contributed by atoms with Crippen LogP contribution in [0.2, 0.25) is 0 Å². The van der Waals surface area contributed by atoms with Crippen LogP contribution in [0.1, 0.15) is 22.3 Å². The summed E-state index contributed by atoms with van der Waals surface area (Å²) in [6.45, 7) is -0.313. The number of piperidine rings is 1. The van der Waals surface area contributed by atoms with Crippen LogP contribution in [0.3, 0.4) is 0 Å². The second-order valence-electron chi connectivity index (χ2n) is 5.97. The largest absolute Gasteiger partial charge is 0.481 e. The summed E-state index contributed by atoms with van der Waals surface area (Å²) in [6, 6.07) is 6.28. The van der Waals surface area contributed by atoms with E-state index in [2.05, 4.69) is 0 Å². The number of benzene rings is 1. The van der Waals surface area contributed by atoms with Crippen molar-refractivity contribution >= 4 is 17.8 Å². The minimum absolute atomic E-state index is 0.0674. The molecule has 116 valence electrons. The standard InChI is InChI=1S/C15H15NO6/c17-5-9-1-3-10(4-2-9)11(18)16-7-14(12(19)20)6-15(14,8-16)13(21)22/h1-4,17H,5-8H2,(H,19,20)(H,21,22)/t14-,15+. The van der Waals surface area contributed by atoms with Crippen molar-refractivity contribution in [3.63, 3.8) is 0 Å². The van der Waals surface area contributed by atoms with Gasteiger partial charge in [0.1, 0.15) is 10.8 Å². The highest BCUT2D eigenvalue weighted by Gasteiger charge is 2.81. The Kier molecular flexibility index (Phi) is 3.00. The fourth-order valence-electron chi connectivity index (χ4n) is 3.37. The SMILES string of the molecule is O=C(c1ccc(CO)cc1)N1C[C@@]2(C(=O)O)C[C@@]2(C(=O)O)C1. The summed E-state index contributed by atoms with van der Waals surface area (Å²) in [7, 11) is 0. The molecule has 0 spiro atoms. The van der Waals surface area contributed by atoms with E-state index in [4.69, 9.17) is 5.11 Å². The molecule has 3 rings (SSSR count). The van der Waals surface area contributed by atoms with Gasteiger partial charge in [-0.2, -0.15) is 0 Å². The molecule has 0 bridgehead atoms. The van der Waals surface area contributed by atoms with E-state index in [0.29, 0.717) is 11.1 Å². The van der Waals surface area contributed by atoms with Crippen LogP contribution in [0.25, 0.3) is 0 Å². The molecule has 2 atom stereocenters. The van der Waals surface area contributed by atoms with Crippen molar-refractivity contribution in [3.8, 4) is 0 Å². The maximum absolute atomic E-state index is 12.4. The third-order valence-electron chi connectivity index (χ3n) is 4.81. The number of aliphatic carboxylic acids is 2. The second kappa shape index (κ2) is 4.54. The van der Waals surface area contributed by atoms with E-state index >= 15 is 0 Å². The molecule has 1 aliphatic carbocycles. The molecule has 3 N–H and O–H groups in total. The molecule has 1 aromatic rings. The van der Waals surface area contributed by atoms with E-state index in [9.17, 15) is 24.6 Å². The van der Waals surface area contributed by atoms with Crippen LogP contribution in [-0.4, -0.2) is 51.2 Å². The van der Waals surface area contributed by atoms with Crippen LogP contribution in [-0.2, 0) is 16.2 Å². The first kappa shape index (κ1) is 14.5. The zero-order valence-corrected chi connectivity index (χ0v) is 11.7. The number of aliphatic hydroxyl groups excluding tert-OH is 1. The first-order chi connectivity index (χ1) is 10.4. The molecule has 0 unspecified atom stereocenters. The first-order valence-corrected chi connectivity index (χ1v) is 6.82. The van der Waals surface area contributed by atoms with Gasteiger partial charge in [0, 0.05) is 18.7 Å². The monoisotopic (exact) mass is 305 g/mol. The normalized spacial score (nSPS) is 29.0. The Morgan fingerprint density at radius 1 is 1.00 bits per heavy atom. The van der Waals surface area contributed by atoms with Crippen LogP contribution in [0.5, 0.6) is 0 Å². The number of hydrogen-bond donors (Lipinski definition) is 3. The lowest BCUT2D eigenvalue weighted by Gasteiger charge is -2.20. The summed E-state index contributed by atoms with van der Waals surface area (Å²) < 4.78 is 0. The number of carboxylic acid groups (broad SMARTS) is 2. The van der Waals surface area contributed by atoms with Crippen LogP contribution >= 0.6 is 0 Å². The predicted molar refractivity (Wildman–Crippen MR) is 73.0 cm³/mol. The summed E-state index contributed by atoms with van der Waals surface area (Å²) >= 11 is 0. The van der Waals surface area contributed by atoms with Gasteiger partial charge in [-0.15, -0.1) is 0 Å². The van der Waals surface area contributed by atoms with Gasteiger partial charge in [-0.25, -0.2) is 0 Å². The zero-order chi connectivity index (χ0) is 16.1. The Bertz CT molecular complexity index is 641. The van der Waals surface area contributed by atoms with Gasteiger partial charge in [0.15, 0.2) is 0 Å². The van der Waals surface area contributed by atoms with Crippen LogP contribution < -0.4 is 0 Å². The molecule has 1 aromatic carbocycles. The molecular weight excluding hydrogens is 290 g/mol. The average Bonchev–Trinajstić information content (AvgIpc) is 3.05. The summed E-state index contributed by atoms with van der Waals surface area (Å²) in [6.07, 6.45) is 0.0674. The molecule has 1 amide bonds. The highest BCUT2D eigenvalue weighted by atomic mass is 16.4. The van der Waals surface area contributed by atoms with E-state index in [-0.39, 0.29) is 26.1 Å². The molecule has 2 aliphatic rings. The lowest BCUT2D eigenvalue weighted by Crippen LogP contribution is -2.34. The summed E-state index contributed by atoms with van der Waals surface area (Å²) in [5.74, 6) is -2.72. The third-order valence-corrected chi connectivity index (χ3v) is 4.81. The van der Waals surface area contributed by atoms with Crippen LogP contribution in [0.4, 0.5) is 0 Å². The van der Waals surface area contributed by atoms with Gasteiger partial charge in [0.2, 0.25) is 0 Å². The maximum atomic E-state index is 12.4. The van der Waals surface area contributed by atoms with Gasteiger partial charge in [0.25, 0.3) is 5.91 Å². The molecule has 1 aliphatic heterocycles. The molecule has 0 aromatic heterocycles. The molecule has 22 heavy (non-hydrogen) atoms. The van der Waals surface area contributed by atoms with Crippen LogP contribution in [0.15, 0.2) is 24.3 Å². The van der Waals surface area contributed by atoms with E-state index in [1.807, 2.05) is 0 Å². The molecule has 7 nitrogen and oxygen atoms in total. The van der Waals surface area contributed by atoms with Gasteiger partial charge in [-0.1, -0.05) is 12.1 Å². The Labute approximate surface area is 125 Å². The van der Waals surface area contributed by atoms with E-state index < -0.39 is 28.7 Å². The number of carbonyl (C=O) groups is 3. The second-order valence-corrected chi connectivity index (χ2v) is 5.97. The van der Waals surface area contributed by atoms with E-state index in [1.54, 1.807) is 24.3 Å². The predicted octanol–water partition coefficient (Wildman–Crippen LogP) is 0.180. The number of carbonyl (C=O) groups excluding carboxylic acids is 1. The van der Waals surface area contributed by atoms with Crippen LogP contribution in [0, 0.1) is 10.8 Å². The summed E-state index contributed by atoms with van der Waals surface area (Å²) in [5, 5.41) is 27.7. The minimum atomic E-state index is -1.36. The van der Waals surface area contributed by atoms with Crippen molar-refractivity contribution in [1.29, 1.82) is 0 Å². The number of rotatable bonds is 4. The van der Waals surface area contributed by atoms with Crippen molar-refractivity contribution in [2.45, 2.75) is 13.0 Å². The van der Waals surface area contributed by atoms with Gasteiger partial charge >= 0.3 is 11.9 Å². The topological polar surface area (TPSA) is 115 Å². The fourth-order valence-corrected chi connectivity index (χ4v) is 3.37. The lowest BCUT2D eigenvalue weighted by atomic mass is 9.97. The number of aliphatic hydroxyl groups is 1. The molecule has 1 saturated heterocycles. The van der Waals surface area contributed by atoms with Gasteiger partial charge in [-0.3, -0.25) is 14.4 Å². The molecule has 2 fully saturated rings. The number of amides is 1. The van der Waals surface area contributed by atoms with Crippen molar-refractivity contribution < 1.29 is 29.7 Å². The van der Waals surface area contributed by atoms with Crippen molar-refractivity contribution in [2.75, 3.05) is 13.1 Å². The number of nitrogens with zero attached hydrogens (tertiary/aromatic N) is 1. The first-order valence-electron chi connectivity index (χ1n) is 6.82. The number of likely N-dealkylation sites (tertiary alicyclic amines) is 1. The maximum Gasteiger partial charge on any atom is 0.312 e. The molecule has 1 heterocycles. The quantitative estimate of drug-likeness (QED) is 0.731. The lowest BCUT2D eigenvalue weighted by molar-refractivity contribution is -0.151. The minimum Gasteiger partial charge on any atom is -0.481 e. The van der Waals surface area contributed by atoms with E-state index in [1.165, 1.54) is 4.90 Å². The molecule has 0 radical (unpaired) electrons. The Balaban J connectivity index is 1.84. The third kappa shape index (κ3) is 1.75. The number of carboxylic acids is 2. The Morgan fingerprint density at radius 2 is 1.50 bits per heavy atom. The highest BCUT2D eigenvalue weighted by molar-refractivity contribution is 5.99. The number of hydrogen-bond acceptors (Lipinski definition) is 4. The molecular formula is C15H15NO6. The van der Waals surface area contributed by atoms with Crippen molar-refractivity contribution in [3.05, 3.63) is 35.4 Å². The van der Waals surface area contributed by atoms with Gasteiger partial charge < -0.3 is 20.2 Å². The molecule has 7 heteroatoms. The molecule has 1 saturated carbocycles. The Morgan fingerprint density at radius 3 is 1.91 bits per heavy atom. The summed E-state index contributed by atoms with van der Waals surface area (Å²) in [4.78, 5) is 36.6. The average molecular weight is 305 g/mol. The van der Waals surface area contributed by atoms with Crippen molar-refractivity contribution in [1.82, 2.24) is 4.90 Å². The smallest absolute Gasteiger partial charge is 0.312 e. The zero-order valence-electron chi connectivity index (χ0n) is 11.7. The van der Waals surface area contributed by atoms with Gasteiger partial charge in [-0.05, 0) is 24.1 Å².